The number of nitrogens with one attached hydrogen (secondary N) is 1. The maximum Gasteiger partial charge on any atom is 0.332 e. The van der Waals surface area contributed by atoms with Gasteiger partial charge in [0.05, 0.1) is 5.57 Å². The first-order valence-corrected chi connectivity index (χ1v) is 4.39. The van der Waals surface area contributed by atoms with Crippen molar-refractivity contribution in [2.75, 3.05) is 28.2 Å². The summed E-state index contributed by atoms with van der Waals surface area (Å²) in [5.41, 5.74) is 0.213. The third-order valence-electron chi connectivity index (χ3n) is 2.09. The molecule has 16 heavy (non-hydrogen) atoms. The van der Waals surface area contributed by atoms with Gasteiger partial charge in [-0.2, -0.15) is 0 Å². The Balaban J connectivity index is 0.00000225. The van der Waals surface area contributed by atoms with Crippen LogP contribution in [-0.4, -0.2) is 60.7 Å². The van der Waals surface area contributed by atoms with Gasteiger partial charge in [-0.1, -0.05) is 0 Å². The SMILES string of the molecule is CN(C)/C=C1\C(=N)N(C)C(=O)N(C)C1=O.Cl. The number of hydrogen-bond acceptors (Lipinski definition) is 4. The quantitative estimate of drug-likeness (QED) is 0.679. The minimum Gasteiger partial charge on any atom is -0.383 e. The van der Waals surface area contributed by atoms with Gasteiger partial charge in [-0.15, -0.1) is 12.4 Å². The summed E-state index contributed by atoms with van der Waals surface area (Å²) in [6.07, 6.45) is 1.53. The molecule has 0 saturated carbocycles. The molecular weight excluding hydrogens is 232 g/mol. The number of urea groups is 1. The number of amidine groups is 1. The van der Waals surface area contributed by atoms with Gasteiger partial charge in [0.15, 0.2) is 0 Å². The Labute approximate surface area is 100 Å². The van der Waals surface area contributed by atoms with Gasteiger partial charge in [-0.25, -0.2) is 4.79 Å². The van der Waals surface area contributed by atoms with Crippen molar-refractivity contribution < 1.29 is 9.59 Å². The highest BCUT2D eigenvalue weighted by atomic mass is 35.5. The average molecular weight is 247 g/mol. The normalized spacial score (nSPS) is 19.0. The molecule has 0 spiro atoms. The number of halogens is 1. The van der Waals surface area contributed by atoms with E-state index in [0.29, 0.717) is 0 Å². The van der Waals surface area contributed by atoms with Crippen molar-refractivity contribution in [3.63, 3.8) is 0 Å². The van der Waals surface area contributed by atoms with Crippen LogP contribution >= 0.6 is 12.4 Å². The van der Waals surface area contributed by atoms with Crippen molar-refractivity contribution in [2.45, 2.75) is 0 Å². The van der Waals surface area contributed by atoms with Gasteiger partial charge in [-0.3, -0.25) is 20.0 Å². The summed E-state index contributed by atoms with van der Waals surface area (Å²) in [5.74, 6) is -0.520. The van der Waals surface area contributed by atoms with Gasteiger partial charge in [-0.05, 0) is 0 Å². The van der Waals surface area contributed by atoms with E-state index in [1.165, 1.54) is 20.3 Å². The molecule has 90 valence electrons. The van der Waals surface area contributed by atoms with E-state index < -0.39 is 11.9 Å². The Bertz CT molecular complexity index is 339. The average Bonchev–Trinajstić information content (AvgIpc) is 2.18. The number of imide groups is 1. The number of hydrogen-bond donors (Lipinski definition) is 1. The Kier molecular flexibility index (Phi) is 4.49. The second-order valence-corrected chi connectivity index (χ2v) is 3.56. The van der Waals surface area contributed by atoms with Crippen molar-refractivity contribution in [3.8, 4) is 0 Å². The summed E-state index contributed by atoms with van der Waals surface area (Å²) in [7, 11) is 6.38. The van der Waals surface area contributed by atoms with Crippen LogP contribution in [0.15, 0.2) is 11.8 Å². The maximum absolute atomic E-state index is 11.7. The van der Waals surface area contributed by atoms with E-state index in [9.17, 15) is 9.59 Å². The number of carbonyl (C=O) groups is 2. The Hall–Kier alpha value is -1.56. The van der Waals surface area contributed by atoms with Crippen LogP contribution in [0.4, 0.5) is 4.79 Å². The van der Waals surface area contributed by atoms with E-state index in [1.54, 1.807) is 19.0 Å². The second kappa shape index (κ2) is 4.98. The molecule has 6 nitrogen and oxygen atoms in total. The molecule has 0 aliphatic carbocycles. The number of carbonyl (C=O) groups excluding carboxylic acids is 2. The van der Waals surface area contributed by atoms with E-state index in [1.807, 2.05) is 0 Å². The lowest BCUT2D eigenvalue weighted by atomic mass is 10.1. The van der Waals surface area contributed by atoms with Crippen LogP contribution in [0.25, 0.3) is 0 Å². The molecule has 0 bridgehead atoms. The summed E-state index contributed by atoms with van der Waals surface area (Å²) in [4.78, 5) is 26.9. The summed E-state index contributed by atoms with van der Waals surface area (Å²) in [5, 5.41) is 7.66. The predicted molar refractivity (Wildman–Crippen MR) is 62.7 cm³/mol. The molecule has 0 unspecified atom stereocenters. The molecule has 7 heteroatoms. The molecule has 1 N–H and O–H groups in total. The molecule has 1 aliphatic heterocycles. The van der Waals surface area contributed by atoms with Crippen LogP contribution in [0.2, 0.25) is 0 Å². The topological polar surface area (TPSA) is 67.7 Å². The van der Waals surface area contributed by atoms with Gasteiger partial charge in [0.2, 0.25) is 0 Å². The first-order chi connectivity index (χ1) is 6.86. The molecule has 1 saturated heterocycles. The van der Waals surface area contributed by atoms with Gasteiger partial charge in [0.1, 0.15) is 5.84 Å². The Morgan fingerprint density at radius 1 is 1.19 bits per heavy atom. The molecule has 3 amide bonds. The zero-order valence-electron chi connectivity index (χ0n) is 9.64. The Morgan fingerprint density at radius 3 is 2.12 bits per heavy atom. The van der Waals surface area contributed by atoms with E-state index in [4.69, 9.17) is 5.41 Å². The summed E-state index contributed by atoms with van der Waals surface area (Å²) >= 11 is 0. The molecule has 1 aliphatic rings. The Morgan fingerprint density at radius 2 is 1.69 bits per heavy atom. The fourth-order valence-electron chi connectivity index (χ4n) is 1.24. The maximum atomic E-state index is 11.7. The van der Waals surface area contributed by atoms with Crippen molar-refractivity contribution in [1.82, 2.24) is 14.7 Å². The van der Waals surface area contributed by atoms with E-state index in [-0.39, 0.29) is 23.8 Å². The highest BCUT2D eigenvalue weighted by Gasteiger charge is 2.35. The van der Waals surface area contributed by atoms with Crippen molar-refractivity contribution in [1.29, 1.82) is 5.41 Å². The molecule has 0 aromatic carbocycles. The smallest absolute Gasteiger partial charge is 0.332 e. The molecule has 1 heterocycles. The standard InChI is InChI=1S/C9H14N4O2.ClH/c1-11(2)5-6-7(10)12(3)9(15)13(4)8(6)14;/h5,10H,1-4H3;1H/b6-5+,10-7?;. The molecule has 1 fully saturated rings. The second-order valence-electron chi connectivity index (χ2n) is 3.56. The van der Waals surface area contributed by atoms with Crippen LogP contribution in [0, 0.1) is 5.41 Å². The van der Waals surface area contributed by atoms with Crippen LogP contribution in [-0.2, 0) is 4.79 Å². The number of rotatable bonds is 1. The van der Waals surface area contributed by atoms with Crippen molar-refractivity contribution >= 4 is 30.2 Å². The zero-order chi connectivity index (χ0) is 11.7. The van der Waals surface area contributed by atoms with Crippen LogP contribution in [0.5, 0.6) is 0 Å². The zero-order valence-corrected chi connectivity index (χ0v) is 10.5. The summed E-state index contributed by atoms with van der Waals surface area (Å²) in [6.45, 7) is 0. The van der Waals surface area contributed by atoms with E-state index >= 15 is 0 Å². The third kappa shape index (κ3) is 2.33. The van der Waals surface area contributed by atoms with Crippen molar-refractivity contribution in [3.05, 3.63) is 11.8 Å². The number of likely N-dealkylation sites (N-methyl/N-ethyl adjacent to an activating group) is 2. The minimum atomic E-state index is -0.485. The van der Waals surface area contributed by atoms with Gasteiger partial charge >= 0.3 is 6.03 Å². The fraction of sp³-hybridized carbons (Fsp3) is 0.444. The summed E-state index contributed by atoms with van der Waals surface area (Å²) in [6, 6.07) is -0.485. The highest BCUT2D eigenvalue weighted by Crippen LogP contribution is 2.14. The van der Waals surface area contributed by atoms with Gasteiger partial charge in [0.25, 0.3) is 5.91 Å². The highest BCUT2D eigenvalue weighted by molar-refractivity contribution is 6.29. The predicted octanol–water partition coefficient (Wildman–Crippen LogP) is 0.355. The lowest BCUT2D eigenvalue weighted by Crippen LogP contribution is -2.53. The minimum absolute atomic E-state index is 0. The first kappa shape index (κ1) is 14.4. The van der Waals surface area contributed by atoms with Crippen molar-refractivity contribution in [2.24, 2.45) is 0 Å². The largest absolute Gasteiger partial charge is 0.383 e. The monoisotopic (exact) mass is 246 g/mol. The fourth-order valence-corrected chi connectivity index (χ4v) is 1.24. The lowest BCUT2D eigenvalue weighted by molar-refractivity contribution is -0.123. The third-order valence-corrected chi connectivity index (χ3v) is 2.09. The molecule has 1 rings (SSSR count). The number of amides is 3. The van der Waals surface area contributed by atoms with E-state index in [0.717, 1.165) is 9.80 Å². The molecule has 0 atom stereocenters. The molecule has 0 radical (unpaired) electrons. The molecule has 0 aromatic rings. The number of nitrogens with zero attached hydrogens (tertiary/aromatic N) is 3. The lowest BCUT2D eigenvalue weighted by Gasteiger charge is -2.31. The van der Waals surface area contributed by atoms with Crippen LogP contribution in [0.3, 0.4) is 0 Å². The summed E-state index contributed by atoms with van der Waals surface area (Å²) < 4.78 is 0. The van der Waals surface area contributed by atoms with Crippen LogP contribution in [0.1, 0.15) is 0 Å². The first-order valence-electron chi connectivity index (χ1n) is 4.39. The van der Waals surface area contributed by atoms with Gasteiger partial charge < -0.3 is 4.90 Å². The van der Waals surface area contributed by atoms with Crippen LogP contribution < -0.4 is 0 Å². The van der Waals surface area contributed by atoms with Gasteiger partial charge in [0, 0.05) is 34.4 Å². The molecule has 0 aromatic heterocycles. The van der Waals surface area contributed by atoms with E-state index in [2.05, 4.69) is 0 Å². The molecular formula is C9H15ClN4O2.